The summed E-state index contributed by atoms with van der Waals surface area (Å²) in [5.74, 6) is -2.08. The van der Waals surface area contributed by atoms with Crippen LogP contribution < -0.4 is 5.32 Å². The van der Waals surface area contributed by atoms with E-state index in [-0.39, 0.29) is 5.65 Å². The number of aliphatic hydroxyl groups excluding tert-OH is 2. The lowest BCUT2D eigenvalue weighted by atomic mass is 9.97. The fourth-order valence-corrected chi connectivity index (χ4v) is 2.75. The van der Waals surface area contributed by atoms with Gasteiger partial charge in [0.05, 0.1) is 6.33 Å². The first-order valence-electron chi connectivity index (χ1n) is 6.98. The van der Waals surface area contributed by atoms with Gasteiger partial charge < -0.3 is 20.3 Å². The van der Waals surface area contributed by atoms with E-state index in [0.717, 1.165) is 6.92 Å². The van der Waals surface area contributed by atoms with Gasteiger partial charge in [0.15, 0.2) is 35.0 Å². The number of aromatic nitrogens is 4. The van der Waals surface area contributed by atoms with E-state index in [4.69, 9.17) is 9.84 Å². The average Bonchev–Trinajstić information content (AvgIpc) is 3.00. The zero-order valence-electron chi connectivity index (χ0n) is 12.8. The van der Waals surface area contributed by atoms with Gasteiger partial charge in [0.25, 0.3) is 5.85 Å². The molecule has 0 spiro atoms. The highest BCUT2D eigenvalue weighted by Crippen LogP contribution is 2.48. The lowest BCUT2D eigenvalue weighted by molar-refractivity contribution is -0.206. The van der Waals surface area contributed by atoms with E-state index in [1.54, 1.807) is 14.0 Å². The predicted molar refractivity (Wildman–Crippen MR) is 76.2 cm³/mol. The molecule has 0 amide bonds. The van der Waals surface area contributed by atoms with Crippen LogP contribution in [0.15, 0.2) is 6.33 Å². The maximum Gasteiger partial charge on any atom is 0.263 e. The predicted octanol–water partition coefficient (Wildman–Crippen LogP) is 0.452. The smallest absolute Gasteiger partial charge is 0.263 e. The minimum Gasteiger partial charge on any atom is -0.390 e. The molecule has 126 valence electrons. The number of hydrogen-bond donors (Lipinski definition) is 3. The van der Waals surface area contributed by atoms with Gasteiger partial charge in [-0.05, 0) is 13.8 Å². The maximum absolute atomic E-state index is 14.9. The third kappa shape index (κ3) is 2.17. The summed E-state index contributed by atoms with van der Waals surface area (Å²) >= 11 is 0. The number of fused-ring (bicyclic) bond motifs is 1. The molecule has 0 radical (unpaired) electrons. The van der Waals surface area contributed by atoms with Gasteiger partial charge >= 0.3 is 0 Å². The van der Waals surface area contributed by atoms with Crippen LogP contribution in [0.3, 0.4) is 0 Å². The van der Waals surface area contributed by atoms with Crippen molar-refractivity contribution in [2.45, 2.75) is 37.7 Å². The third-order valence-corrected chi connectivity index (χ3v) is 3.97. The fourth-order valence-electron chi connectivity index (χ4n) is 2.75. The summed E-state index contributed by atoms with van der Waals surface area (Å²) in [4.78, 5) is 12.5. The Morgan fingerprint density at radius 2 is 2.13 bits per heavy atom. The van der Waals surface area contributed by atoms with Crippen molar-refractivity contribution in [1.29, 1.82) is 0 Å². The van der Waals surface area contributed by atoms with Crippen LogP contribution in [0.5, 0.6) is 0 Å². The normalized spacial score (nSPS) is 34.2. The maximum atomic E-state index is 14.9. The van der Waals surface area contributed by atoms with Gasteiger partial charge in [0.2, 0.25) is 0 Å². The van der Waals surface area contributed by atoms with Crippen LogP contribution >= 0.6 is 0 Å². The number of nitrogens with one attached hydrogen (secondary N) is 1. The SMILES string of the molecule is CNc1nc(C)nc2c1ncn2[C@@H]1O[C@](F)(CO)[C@@H](O)[C@@]1(C)F. The van der Waals surface area contributed by atoms with Crippen LogP contribution in [-0.2, 0) is 4.74 Å². The summed E-state index contributed by atoms with van der Waals surface area (Å²) in [6, 6.07) is 0. The zero-order valence-corrected chi connectivity index (χ0v) is 12.8. The number of imidazole rings is 1. The molecular weight excluding hydrogens is 312 g/mol. The highest BCUT2D eigenvalue weighted by molar-refractivity contribution is 5.83. The highest BCUT2D eigenvalue weighted by atomic mass is 19.2. The van der Waals surface area contributed by atoms with Crippen molar-refractivity contribution >= 4 is 17.0 Å². The van der Waals surface area contributed by atoms with Gasteiger partial charge in [-0.15, -0.1) is 0 Å². The number of aliphatic hydroxyl groups is 2. The van der Waals surface area contributed by atoms with Crippen molar-refractivity contribution in [3.63, 3.8) is 0 Å². The molecule has 23 heavy (non-hydrogen) atoms. The second kappa shape index (κ2) is 5.05. The second-order valence-corrected chi connectivity index (χ2v) is 5.66. The summed E-state index contributed by atoms with van der Waals surface area (Å²) in [5.41, 5.74) is -1.92. The molecule has 1 aliphatic heterocycles. The van der Waals surface area contributed by atoms with Crippen molar-refractivity contribution in [2.24, 2.45) is 0 Å². The van der Waals surface area contributed by atoms with Crippen LogP contribution in [0.2, 0.25) is 0 Å². The Hall–Kier alpha value is -1.91. The van der Waals surface area contributed by atoms with Gasteiger partial charge in [-0.25, -0.2) is 23.7 Å². The minimum absolute atomic E-state index is 0.227. The average molecular weight is 329 g/mol. The molecule has 3 heterocycles. The Morgan fingerprint density at radius 3 is 2.70 bits per heavy atom. The number of hydrogen-bond acceptors (Lipinski definition) is 7. The van der Waals surface area contributed by atoms with Crippen molar-refractivity contribution in [3.8, 4) is 0 Å². The van der Waals surface area contributed by atoms with Crippen LogP contribution in [0, 0.1) is 6.92 Å². The molecule has 8 nitrogen and oxygen atoms in total. The molecule has 0 aliphatic carbocycles. The quantitative estimate of drug-likeness (QED) is 0.751. The minimum atomic E-state index is -2.90. The number of aryl methyl sites for hydroxylation is 1. The van der Waals surface area contributed by atoms with Crippen molar-refractivity contribution in [3.05, 3.63) is 12.2 Å². The Morgan fingerprint density at radius 1 is 1.43 bits per heavy atom. The van der Waals surface area contributed by atoms with E-state index in [2.05, 4.69) is 20.3 Å². The van der Waals surface area contributed by atoms with Crippen LogP contribution in [0.1, 0.15) is 19.0 Å². The van der Waals surface area contributed by atoms with Gasteiger partial charge in [-0.2, -0.15) is 0 Å². The van der Waals surface area contributed by atoms with Gasteiger partial charge in [0.1, 0.15) is 12.4 Å². The lowest BCUT2D eigenvalue weighted by Gasteiger charge is -2.24. The number of nitrogens with zero attached hydrogens (tertiary/aromatic N) is 4. The van der Waals surface area contributed by atoms with Gasteiger partial charge in [0, 0.05) is 7.05 Å². The van der Waals surface area contributed by atoms with Crippen LogP contribution in [0.25, 0.3) is 11.2 Å². The first-order valence-corrected chi connectivity index (χ1v) is 6.98. The largest absolute Gasteiger partial charge is 0.390 e. The molecule has 0 unspecified atom stereocenters. The van der Waals surface area contributed by atoms with E-state index in [0.29, 0.717) is 17.2 Å². The molecule has 2 aromatic heterocycles. The monoisotopic (exact) mass is 329 g/mol. The van der Waals surface area contributed by atoms with Gasteiger partial charge in [-0.1, -0.05) is 0 Å². The molecule has 1 fully saturated rings. The Bertz CT molecular complexity index is 753. The molecule has 2 aromatic rings. The number of ether oxygens (including phenoxy) is 1. The second-order valence-electron chi connectivity index (χ2n) is 5.66. The standard InChI is InChI=1S/C13H17F2N5O3/c1-6-18-8(16-3)7-9(19-6)20(5-17-7)11-12(2,14)10(22)13(15,4-21)23-11/h5,10-11,21-22H,4H2,1-3H3,(H,16,18,19)/t10-,11+,12+,13+/m0/s1. The Kier molecular flexibility index (Phi) is 3.50. The lowest BCUT2D eigenvalue weighted by Crippen LogP contribution is -2.46. The van der Waals surface area contributed by atoms with Crippen LogP contribution in [-0.4, -0.2) is 61.0 Å². The molecule has 4 atom stereocenters. The van der Waals surface area contributed by atoms with Crippen molar-refractivity contribution < 1.29 is 23.7 Å². The Balaban J connectivity index is 2.16. The molecule has 0 aromatic carbocycles. The molecule has 1 aliphatic rings. The summed E-state index contributed by atoms with van der Waals surface area (Å²) in [7, 11) is 1.65. The van der Waals surface area contributed by atoms with E-state index in [1.807, 2.05) is 0 Å². The number of anilines is 1. The fraction of sp³-hybridized carbons (Fsp3) is 0.615. The first kappa shape index (κ1) is 16.0. The third-order valence-electron chi connectivity index (χ3n) is 3.97. The van der Waals surface area contributed by atoms with E-state index < -0.39 is 30.5 Å². The summed E-state index contributed by atoms with van der Waals surface area (Å²) in [6.45, 7) is 1.47. The topological polar surface area (TPSA) is 105 Å². The molecular formula is C13H17F2N5O3. The van der Waals surface area contributed by atoms with E-state index in [9.17, 15) is 13.9 Å². The van der Waals surface area contributed by atoms with E-state index in [1.165, 1.54) is 10.9 Å². The molecule has 10 heteroatoms. The van der Waals surface area contributed by atoms with Crippen molar-refractivity contribution in [1.82, 2.24) is 19.5 Å². The zero-order chi connectivity index (χ0) is 17.0. The first-order chi connectivity index (χ1) is 10.7. The molecule has 3 N–H and O–H groups in total. The molecule has 1 saturated heterocycles. The number of rotatable bonds is 3. The number of alkyl halides is 2. The highest BCUT2D eigenvalue weighted by Gasteiger charge is 2.64. The van der Waals surface area contributed by atoms with E-state index >= 15 is 0 Å². The van der Waals surface area contributed by atoms with Gasteiger partial charge in [-0.3, -0.25) is 4.57 Å². The summed E-state index contributed by atoms with van der Waals surface area (Å²) in [5, 5.41) is 21.8. The molecule has 3 rings (SSSR count). The van der Waals surface area contributed by atoms with Crippen molar-refractivity contribution in [2.75, 3.05) is 19.0 Å². The number of halogens is 2. The molecule has 0 bridgehead atoms. The van der Waals surface area contributed by atoms with Crippen LogP contribution in [0.4, 0.5) is 14.6 Å². The summed E-state index contributed by atoms with van der Waals surface area (Å²) in [6.07, 6.45) is -2.47. The Labute approximate surface area is 130 Å². The molecule has 0 saturated carbocycles. The summed E-state index contributed by atoms with van der Waals surface area (Å²) < 4.78 is 35.4.